The third kappa shape index (κ3) is 4.49. The van der Waals surface area contributed by atoms with Gasteiger partial charge in [-0.3, -0.25) is 4.68 Å². The molecule has 1 aromatic heterocycles. The molecular weight excluding hydrogens is 326 g/mol. The van der Waals surface area contributed by atoms with E-state index in [1.165, 1.54) is 0 Å². The zero-order valence-electron chi connectivity index (χ0n) is 13.4. The second-order valence-corrected chi connectivity index (χ2v) is 5.71. The predicted molar refractivity (Wildman–Crippen MR) is 93.5 cm³/mol. The first-order valence-electron chi connectivity index (χ1n) is 7.68. The summed E-state index contributed by atoms with van der Waals surface area (Å²) in [5.41, 5.74) is 0.967. The molecule has 3 rings (SSSR count). The summed E-state index contributed by atoms with van der Waals surface area (Å²) < 4.78 is 13.0. The fourth-order valence-corrected chi connectivity index (χ4v) is 2.27. The van der Waals surface area contributed by atoms with Gasteiger partial charge in [0.15, 0.2) is 5.82 Å². The van der Waals surface area contributed by atoms with E-state index in [0.29, 0.717) is 24.1 Å². The minimum absolute atomic E-state index is 0.592. The van der Waals surface area contributed by atoms with Gasteiger partial charge in [-0.15, -0.1) is 0 Å². The molecular formula is C18H18ClN3O2. The molecule has 0 atom stereocenters. The minimum atomic E-state index is 0.592. The molecule has 0 N–H and O–H groups in total. The van der Waals surface area contributed by atoms with Crippen LogP contribution in [0.5, 0.6) is 11.5 Å². The number of ether oxygens (including phenoxy) is 2. The average molecular weight is 344 g/mol. The summed E-state index contributed by atoms with van der Waals surface area (Å²) in [5, 5.41) is 4.97. The quantitative estimate of drug-likeness (QED) is 0.609. The van der Waals surface area contributed by atoms with Gasteiger partial charge in [0, 0.05) is 24.1 Å². The van der Waals surface area contributed by atoms with Crippen LogP contribution in [0.2, 0.25) is 5.02 Å². The molecule has 1 heterocycles. The van der Waals surface area contributed by atoms with Crippen LogP contribution in [-0.4, -0.2) is 28.0 Å². The zero-order chi connectivity index (χ0) is 16.8. The predicted octanol–water partition coefficient (Wildman–Crippen LogP) is 3.98. The lowest BCUT2D eigenvalue weighted by atomic mass is 10.2. The number of nitrogens with zero attached hydrogens (tertiary/aromatic N) is 3. The molecule has 0 radical (unpaired) electrons. The maximum absolute atomic E-state index is 5.83. The number of hydrogen-bond donors (Lipinski definition) is 0. The first-order chi connectivity index (χ1) is 11.7. The SMILES string of the molecule is Cn1cnc(-c2ccc(OCCCOc3ccc(Cl)cc3)cc2)n1. The van der Waals surface area contributed by atoms with E-state index in [9.17, 15) is 0 Å². The van der Waals surface area contributed by atoms with Gasteiger partial charge in [0.2, 0.25) is 0 Å². The lowest BCUT2D eigenvalue weighted by Crippen LogP contribution is -2.04. The van der Waals surface area contributed by atoms with Crippen molar-refractivity contribution in [2.75, 3.05) is 13.2 Å². The summed E-state index contributed by atoms with van der Waals surface area (Å²) in [5.74, 6) is 2.34. The molecule has 24 heavy (non-hydrogen) atoms. The summed E-state index contributed by atoms with van der Waals surface area (Å²) in [6.45, 7) is 1.19. The molecule has 0 saturated carbocycles. The molecule has 0 unspecified atom stereocenters. The van der Waals surface area contributed by atoms with Crippen LogP contribution < -0.4 is 9.47 Å². The van der Waals surface area contributed by atoms with Gasteiger partial charge in [-0.2, -0.15) is 5.10 Å². The van der Waals surface area contributed by atoms with E-state index in [4.69, 9.17) is 21.1 Å². The Kier molecular flexibility index (Phi) is 5.33. The Hall–Kier alpha value is -2.53. The second kappa shape index (κ2) is 7.84. The zero-order valence-corrected chi connectivity index (χ0v) is 14.1. The summed E-state index contributed by atoms with van der Waals surface area (Å²) in [6.07, 6.45) is 2.48. The largest absolute Gasteiger partial charge is 0.493 e. The molecule has 3 aromatic rings. The molecule has 5 nitrogen and oxygen atoms in total. The van der Waals surface area contributed by atoms with E-state index >= 15 is 0 Å². The molecule has 0 amide bonds. The van der Waals surface area contributed by atoms with E-state index in [2.05, 4.69) is 10.1 Å². The number of benzene rings is 2. The second-order valence-electron chi connectivity index (χ2n) is 5.27. The monoisotopic (exact) mass is 343 g/mol. The van der Waals surface area contributed by atoms with Gasteiger partial charge < -0.3 is 9.47 Å². The maximum Gasteiger partial charge on any atom is 0.181 e. The summed E-state index contributed by atoms with van der Waals surface area (Å²) in [7, 11) is 1.85. The number of aryl methyl sites for hydroxylation is 1. The van der Waals surface area contributed by atoms with Crippen LogP contribution in [0.1, 0.15) is 6.42 Å². The molecule has 0 fully saturated rings. The topological polar surface area (TPSA) is 49.2 Å². The fraction of sp³-hybridized carbons (Fsp3) is 0.222. The Morgan fingerprint density at radius 3 is 2.04 bits per heavy atom. The van der Waals surface area contributed by atoms with Gasteiger partial charge in [-0.25, -0.2) is 4.98 Å². The Morgan fingerprint density at radius 1 is 0.917 bits per heavy atom. The fourth-order valence-electron chi connectivity index (χ4n) is 2.14. The van der Waals surface area contributed by atoms with Crippen molar-refractivity contribution in [1.82, 2.24) is 14.8 Å². The van der Waals surface area contributed by atoms with E-state index in [1.807, 2.05) is 55.6 Å². The van der Waals surface area contributed by atoms with Crippen LogP contribution in [0.25, 0.3) is 11.4 Å². The van der Waals surface area contributed by atoms with Crippen molar-refractivity contribution in [2.45, 2.75) is 6.42 Å². The van der Waals surface area contributed by atoms with Crippen LogP contribution in [-0.2, 0) is 7.05 Å². The van der Waals surface area contributed by atoms with Crippen LogP contribution in [0.15, 0.2) is 54.9 Å². The van der Waals surface area contributed by atoms with Gasteiger partial charge in [0.1, 0.15) is 17.8 Å². The Labute approximate surface area is 145 Å². The summed E-state index contributed by atoms with van der Waals surface area (Å²) >= 11 is 5.83. The molecule has 0 aliphatic carbocycles. The minimum Gasteiger partial charge on any atom is -0.493 e. The molecule has 0 saturated heterocycles. The first-order valence-corrected chi connectivity index (χ1v) is 8.06. The third-order valence-corrected chi connectivity index (χ3v) is 3.60. The van der Waals surface area contributed by atoms with E-state index in [-0.39, 0.29) is 0 Å². The summed E-state index contributed by atoms with van der Waals surface area (Å²) in [4.78, 5) is 4.22. The molecule has 0 aliphatic heterocycles. The smallest absolute Gasteiger partial charge is 0.181 e. The maximum atomic E-state index is 5.83. The molecule has 2 aromatic carbocycles. The van der Waals surface area contributed by atoms with Crippen molar-refractivity contribution in [2.24, 2.45) is 7.05 Å². The highest BCUT2D eigenvalue weighted by Gasteiger charge is 2.03. The van der Waals surface area contributed by atoms with Crippen LogP contribution in [0.4, 0.5) is 0 Å². The molecule has 0 aliphatic rings. The van der Waals surface area contributed by atoms with Gasteiger partial charge in [0.05, 0.1) is 13.2 Å². The standard InChI is InChI=1S/C18H18ClN3O2/c1-22-13-20-18(21-22)14-3-7-16(8-4-14)23-11-2-12-24-17-9-5-15(19)6-10-17/h3-10,13H,2,11-12H2,1H3. The van der Waals surface area contributed by atoms with Crippen molar-refractivity contribution in [3.05, 3.63) is 59.9 Å². The highest BCUT2D eigenvalue weighted by Crippen LogP contribution is 2.19. The van der Waals surface area contributed by atoms with Crippen molar-refractivity contribution in [3.63, 3.8) is 0 Å². The van der Waals surface area contributed by atoms with Gasteiger partial charge >= 0.3 is 0 Å². The molecule has 6 heteroatoms. The van der Waals surface area contributed by atoms with Gasteiger partial charge in [0.25, 0.3) is 0 Å². The highest BCUT2D eigenvalue weighted by atomic mass is 35.5. The normalized spacial score (nSPS) is 10.6. The van der Waals surface area contributed by atoms with Gasteiger partial charge in [-0.1, -0.05) is 11.6 Å². The van der Waals surface area contributed by atoms with E-state index in [1.54, 1.807) is 11.0 Å². The third-order valence-electron chi connectivity index (χ3n) is 3.35. The highest BCUT2D eigenvalue weighted by molar-refractivity contribution is 6.30. The van der Waals surface area contributed by atoms with Crippen LogP contribution in [0.3, 0.4) is 0 Å². The van der Waals surface area contributed by atoms with Crippen molar-refractivity contribution >= 4 is 11.6 Å². The van der Waals surface area contributed by atoms with Crippen molar-refractivity contribution < 1.29 is 9.47 Å². The van der Waals surface area contributed by atoms with Crippen molar-refractivity contribution in [1.29, 1.82) is 0 Å². The summed E-state index contributed by atoms with van der Waals surface area (Å²) in [6, 6.07) is 15.1. The molecule has 0 spiro atoms. The Bertz CT molecular complexity index is 770. The number of hydrogen-bond acceptors (Lipinski definition) is 4. The van der Waals surface area contributed by atoms with Crippen molar-refractivity contribution in [3.8, 4) is 22.9 Å². The first kappa shape index (κ1) is 16.3. The number of aromatic nitrogens is 3. The molecule has 124 valence electrons. The van der Waals surface area contributed by atoms with Gasteiger partial charge in [-0.05, 0) is 48.5 Å². The van der Waals surface area contributed by atoms with Crippen LogP contribution in [0, 0.1) is 0 Å². The number of halogens is 1. The lowest BCUT2D eigenvalue weighted by Gasteiger charge is -2.08. The number of rotatable bonds is 7. The van der Waals surface area contributed by atoms with E-state index in [0.717, 1.165) is 23.5 Å². The van der Waals surface area contributed by atoms with Crippen LogP contribution >= 0.6 is 11.6 Å². The molecule has 0 bridgehead atoms. The van der Waals surface area contributed by atoms with E-state index < -0.39 is 0 Å². The average Bonchev–Trinajstić information content (AvgIpc) is 3.03. The Morgan fingerprint density at radius 2 is 1.50 bits per heavy atom. The Balaban J connectivity index is 1.41. The lowest BCUT2D eigenvalue weighted by molar-refractivity contribution is 0.247.